The molecule has 0 fully saturated rings. The second kappa shape index (κ2) is 6.83. The molecule has 1 heteroatoms. The van der Waals surface area contributed by atoms with Gasteiger partial charge in [0.05, 0.1) is 5.38 Å². The molecular formula is C16H29Cl. The van der Waals surface area contributed by atoms with Crippen molar-refractivity contribution in [2.24, 2.45) is 11.3 Å². The van der Waals surface area contributed by atoms with E-state index in [2.05, 4.69) is 33.8 Å². The molecule has 0 aromatic heterocycles. The van der Waals surface area contributed by atoms with Crippen molar-refractivity contribution in [3.05, 3.63) is 11.6 Å². The zero-order valence-electron chi connectivity index (χ0n) is 12.1. The van der Waals surface area contributed by atoms with Gasteiger partial charge in [0, 0.05) is 0 Å². The molecule has 0 aromatic carbocycles. The van der Waals surface area contributed by atoms with E-state index in [0.29, 0.717) is 5.41 Å². The molecular weight excluding hydrogens is 228 g/mol. The molecule has 0 radical (unpaired) electrons. The highest BCUT2D eigenvalue weighted by Gasteiger charge is 2.28. The molecule has 100 valence electrons. The van der Waals surface area contributed by atoms with Crippen LogP contribution < -0.4 is 0 Å². The Morgan fingerprint density at radius 2 is 2.12 bits per heavy atom. The standard InChI is InChI=1S/C16H29Cl/c1-5-7-8-13(6-2)9-14-10-15(17)12-16(3,4)11-14/h10,13,15H,5-9,11-12H2,1-4H3. The molecule has 0 spiro atoms. The maximum absolute atomic E-state index is 6.35. The van der Waals surface area contributed by atoms with Gasteiger partial charge in [-0.3, -0.25) is 0 Å². The summed E-state index contributed by atoms with van der Waals surface area (Å²) in [6, 6.07) is 0. The predicted molar refractivity (Wildman–Crippen MR) is 78.7 cm³/mol. The van der Waals surface area contributed by atoms with Gasteiger partial charge < -0.3 is 0 Å². The van der Waals surface area contributed by atoms with E-state index < -0.39 is 0 Å². The number of hydrogen-bond acceptors (Lipinski definition) is 0. The lowest BCUT2D eigenvalue weighted by atomic mass is 9.74. The van der Waals surface area contributed by atoms with E-state index in [1.165, 1.54) is 38.5 Å². The zero-order valence-corrected chi connectivity index (χ0v) is 12.8. The Balaban J connectivity index is 2.54. The van der Waals surface area contributed by atoms with E-state index in [0.717, 1.165) is 12.3 Å². The summed E-state index contributed by atoms with van der Waals surface area (Å²) < 4.78 is 0. The fourth-order valence-corrected chi connectivity index (χ4v) is 3.64. The molecule has 1 aliphatic carbocycles. The van der Waals surface area contributed by atoms with E-state index in [1.807, 2.05) is 0 Å². The van der Waals surface area contributed by atoms with Gasteiger partial charge in [-0.1, -0.05) is 65.0 Å². The van der Waals surface area contributed by atoms with Crippen LogP contribution in [0.15, 0.2) is 11.6 Å². The van der Waals surface area contributed by atoms with Gasteiger partial charge in [-0.05, 0) is 30.6 Å². The van der Waals surface area contributed by atoms with E-state index in [-0.39, 0.29) is 5.38 Å². The minimum absolute atomic E-state index is 0.262. The Morgan fingerprint density at radius 3 is 2.65 bits per heavy atom. The third kappa shape index (κ3) is 5.46. The number of hydrogen-bond donors (Lipinski definition) is 0. The number of rotatable bonds is 6. The van der Waals surface area contributed by atoms with Gasteiger partial charge in [0.1, 0.15) is 0 Å². The Bertz CT molecular complexity index is 252. The summed E-state index contributed by atoms with van der Waals surface area (Å²) in [7, 11) is 0. The first-order valence-corrected chi connectivity index (χ1v) is 7.74. The molecule has 1 aliphatic rings. The Kier molecular flexibility index (Phi) is 6.06. The second-order valence-corrected chi connectivity index (χ2v) is 7.07. The Morgan fingerprint density at radius 1 is 1.41 bits per heavy atom. The summed E-state index contributed by atoms with van der Waals surface area (Å²) in [4.78, 5) is 0. The van der Waals surface area contributed by atoms with Gasteiger partial charge in [0.15, 0.2) is 0 Å². The van der Waals surface area contributed by atoms with Crippen molar-refractivity contribution >= 4 is 11.6 Å². The fraction of sp³-hybridized carbons (Fsp3) is 0.875. The maximum Gasteiger partial charge on any atom is 0.0523 e. The normalized spacial score (nSPS) is 25.5. The van der Waals surface area contributed by atoms with Crippen molar-refractivity contribution in [2.45, 2.75) is 78.0 Å². The number of allylic oxidation sites excluding steroid dienone is 2. The first-order valence-electron chi connectivity index (χ1n) is 7.30. The van der Waals surface area contributed by atoms with E-state index >= 15 is 0 Å². The molecule has 0 amide bonds. The van der Waals surface area contributed by atoms with Crippen LogP contribution in [-0.2, 0) is 0 Å². The molecule has 17 heavy (non-hydrogen) atoms. The maximum atomic E-state index is 6.35. The first-order chi connectivity index (χ1) is 7.96. The molecule has 2 unspecified atom stereocenters. The third-order valence-electron chi connectivity index (χ3n) is 3.96. The quantitative estimate of drug-likeness (QED) is 0.407. The van der Waals surface area contributed by atoms with Crippen molar-refractivity contribution in [1.82, 2.24) is 0 Å². The van der Waals surface area contributed by atoms with Crippen molar-refractivity contribution < 1.29 is 0 Å². The molecule has 0 heterocycles. The minimum atomic E-state index is 0.262. The van der Waals surface area contributed by atoms with Crippen molar-refractivity contribution in [1.29, 1.82) is 0 Å². The van der Waals surface area contributed by atoms with Crippen LogP contribution >= 0.6 is 11.6 Å². The Hall–Kier alpha value is 0.0300. The molecule has 0 aliphatic heterocycles. The largest absolute Gasteiger partial charge is 0.118 e. The third-order valence-corrected chi connectivity index (χ3v) is 4.24. The number of alkyl halides is 1. The zero-order chi connectivity index (χ0) is 12.9. The molecule has 2 atom stereocenters. The fourth-order valence-electron chi connectivity index (χ4n) is 3.04. The molecule has 0 nitrogen and oxygen atoms in total. The summed E-state index contributed by atoms with van der Waals surface area (Å²) in [6.07, 6.45) is 11.4. The van der Waals surface area contributed by atoms with Gasteiger partial charge in [-0.25, -0.2) is 0 Å². The van der Waals surface area contributed by atoms with Gasteiger partial charge in [0.2, 0.25) is 0 Å². The van der Waals surface area contributed by atoms with Crippen molar-refractivity contribution in [3.8, 4) is 0 Å². The summed E-state index contributed by atoms with van der Waals surface area (Å²) in [5.41, 5.74) is 2.02. The highest BCUT2D eigenvalue weighted by molar-refractivity contribution is 6.21. The molecule has 0 bridgehead atoms. The first kappa shape index (κ1) is 15.1. The van der Waals surface area contributed by atoms with Crippen LogP contribution in [0, 0.1) is 11.3 Å². The lowest BCUT2D eigenvalue weighted by Crippen LogP contribution is -2.23. The van der Waals surface area contributed by atoms with Crippen LogP contribution in [0.1, 0.15) is 72.6 Å². The topological polar surface area (TPSA) is 0 Å². The highest BCUT2D eigenvalue weighted by Crippen LogP contribution is 2.40. The lowest BCUT2D eigenvalue weighted by molar-refractivity contribution is 0.308. The molecule has 1 rings (SSSR count). The van der Waals surface area contributed by atoms with Crippen LogP contribution in [-0.4, -0.2) is 5.38 Å². The highest BCUT2D eigenvalue weighted by atomic mass is 35.5. The van der Waals surface area contributed by atoms with Crippen LogP contribution in [0.3, 0.4) is 0 Å². The Labute approximate surface area is 113 Å². The molecule has 0 aromatic rings. The van der Waals surface area contributed by atoms with Crippen LogP contribution in [0.5, 0.6) is 0 Å². The van der Waals surface area contributed by atoms with E-state index in [9.17, 15) is 0 Å². The van der Waals surface area contributed by atoms with Crippen molar-refractivity contribution in [2.75, 3.05) is 0 Å². The number of halogens is 1. The average Bonchev–Trinajstić information content (AvgIpc) is 2.21. The summed E-state index contributed by atoms with van der Waals surface area (Å²) >= 11 is 6.35. The van der Waals surface area contributed by atoms with Gasteiger partial charge in [-0.2, -0.15) is 0 Å². The van der Waals surface area contributed by atoms with Crippen molar-refractivity contribution in [3.63, 3.8) is 0 Å². The smallest absolute Gasteiger partial charge is 0.0523 e. The second-order valence-electron chi connectivity index (χ2n) is 6.51. The molecule has 0 saturated heterocycles. The lowest BCUT2D eigenvalue weighted by Gasteiger charge is -2.33. The van der Waals surface area contributed by atoms with Gasteiger partial charge in [0.25, 0.3) is 0 Å². The van der Waals surface area contributed by atoms with Gasteiger partial charge in [-0.15, -0.1) is 11.6 Å². The van der Waals surface area contributed by atoms with Crippen LogP contribution in [0.2, 0.25) is 0 Å². The van der Waals surface area contributed by atoms with Crippen LogP contribution in [0.25, 0.3) is 0 Å². The van der Waals surface area contributed by atoms with Crippen LogP contribution in [0.4, 0.5) is 0 Å². The minimum Gasteiger partial charge on any atom is -0.118 e. The molecule has 0 saturated carbocycles. The van der Waals surface area contributed by atoms with Gasteiger partial charge >= 0.3 is 0 Å². The summed E-state index contributed by atoms with van der Waals surface area (Å²) in [5, 5.41) is 0.262. The average molecular weight is 257 g/mol. The predicted octanol–water partition coefficient (Wildman–Crippen LogP) is 5.95. The summed E-state index contributed by atoms with van der Waals surface area (Å²) in [6.45, 7) is 9.31. The SMILES string of the molecule is CCCCC(CC)CC1=CC(Cl)CC(C)(C)C1. The number of unbranched alkanes of at least 4 members (excludes halogenated alkanes) is 1. The summed E-state index contributed by atoms with van der Waals surface area (Å²) in [5.74, 6) is 0.874. The van der Waals surface area contributed by atoms with E-state index in [4.69, 9.17) is 11.6 Å². The monoisotopic (exact) mass is 256 g/mol. The van der Waals surface area contributed by atoms with E-state index in [1.54, 1.807) is 5.57 Å². The molecule has 0 N–H and O–H groups in total.